The van der Waals surface area contributed by atoms with E-state index in [1.54, 1.807) is 0 Å². The fourth-order valence-electron chi connectivity index (χ4n) is 0.860. The molecule has 0 aromatic carbocycles. The zero-order valence-corrected chi connectivity index (χ0v) is 11.3. The second kappa shape index (κ2) is 5.16. The molecule has 0 amide bonds. The predicted molar refractivity (Wildman–Crippen MR) is 58.2 cm³/mol. The molecule has 0 spiro atoms. The van der Waals surface area contributed by atoms with Crippen molar-refractivity contribution in [1.29, 1.82) is 0 Å². The van der Waals surface area contributed by atoms with Crippen LogP contribution >= 0.6 is 0 Å². The van der Waals surface area contributed by atoms with Crippen molar-refractivity contribution in [2.75, 3.05) is 6.61 Å². The molecule has 0 aliphatic rings. The highest BCUT2D eigenvalue weighted by molar-refractivity contribution is 6.75. The second-order valence-electron chi connectivity index (χ2n) is 4.53. The summed E-state index contributed by atoms with van der Waals surface area (Å²) >= 11 is 0. The molecule has 12 heavy (non-hydrogen) atoms. The molecule has 0 aliphatic carbocycles. The van der Waals surface area contributed by atoms with Crippen LogP contribution < -0.4 is 0 Å². The Labute approximate surface area is 79.2 Å². The van der Waals surface area contributed by atoms with Crippen molar-refractivity contribution in [2.24, 2.45) is 5.92 Å². The summed E-state index contributed by atoms with van der Waals surface area (Å²) in [5.74, 6) is 0.616. The van der Waals surface area contributed by atoms with Crippen LogP contribution in [0, 0.1) is 5.92 Å². The van der Waals surface area contributed by atoms with Gasteiger partial charge in [0, 0.05) is 6.61 Å². The Bertz CT molecular complexity index is 121. The van der Waals surface area contributed by atoms with Crippen LogP contribution in [0.25, 0.3) is 0 Å². The summed E-state index contributed by atoms with van der Waals surface area (Å²) in [4.78, 5) is 0. The molecule has 0 saturated carbocycles. The van der Waals surface area contributed by atoms with Crippen LogP contribution in [0.15, 0.2) is 0 Å². The molecule has 0 aromatic heterocycles. The molecule has 0 radical (unpaired) electrons. The first-order chi connectivity index (χ1) is 5.31. The van der Waals surface area contributed by atoms with Crippen molar-refractivity contribution in [2.45, 2.75) is 40.0 Å². The molecule has 0 fully saturated rings. The van der Waals surface area contributed by atoms with Gasteiger partial charge < -0.3 is 8.54 Å². The lowest BCUT2D eigenvalue weighted by molar-refractivity contribution is 0.233. The smallest absolute Gasteiger partial charge is 0.307 e. The average molecular weight is 206 g/mol. The van der Waals surface area contributed by atoms with Gasteiger partial charge in [-0.3, -0.25) is 0 Å². The summed E-state index contributed by atoms with van der Waals surface area (Å²) in [6, 6.07) is 0. The largest absolute Gasteiger partial charge is 0.438 e. The highest BCUT2D eigenvalue weighted by atomic mass is 28.4. The third-order valence-corrected chi connectivity index (χ3v) is 6.00. The highest BCUT2D eigenvalue weighted by Gasteiger charge is 2.19. The summed E-state index contributed by atoms with van der Waals surface area (Å²) in [6.07, 6.45) is 0. The molecule has 0 rings (SSSR count). The Morgan fingerprint density at radius 2 is 1.75 bits per heavy atom. The van der Waals surface area contributed by atoms with Crippen molar-refractivity contribution in [3.8, 4) is 0 Å². The van der Waals surface area contributed by atoms with Crippen LogP contribution in [0.2, 0.25) is 26.2 Å². The van der Waals surface area contributed by atoms with E-state index in [2.05, 4.69) is 40.0 Å². The first-order valence-corrected chi connectivity index (χ1v) is 10.1. The molecular weight excluding hydrogens is 184 g/mol. The predicted octanol–water partition coefficient (Wildman–Crippen LogP) is 2.36. The molecule has 0 bridgehead atoms. The van der Waals surface area contributed by atoms with Gasteiger partial charge >= 0.3 is 9.28 Å². The van der Waals surface area contributed by atoms with E-state index in [1.807, 2.05) is 0 Å². The van der Waals surface area contributed by atoms with Crippen molar-refractivity contribution in [1.82, 2.24) is 0 Å². The minimum absolute atomic E-state index is 0.616. The van der Waals surface area contributed by atoms with Crippen LogP contribution in [0.5, 0.6) is 0 Å². The van der Waals surface area contributed by atoms with Crippen LogP contribution in [-0.4, -0.2) is 24.2 Å². The van der Waals surface area contributed by atoms with E-state index in [9.17, 15) is 0 Å². The molecule has 2 nitrogen and oxygen atoms in total. The number of hydrogen-bond donors (Lipinski definition) is 0. The van der Waals surface area contributed by atoms with Crippen LogP contribution in [0.4, 0.5) is 0 Å². The lowest BCUT2D eigenvalue weighted by Gasteiger charge is -2.23. The average Bonchev–Trinajstić information content (AvgIpc) is 1.79. The van der Waals surface area contributed by atoms with Crippen LogP contribution in [-0.2, 0) is 8.54 Å². The van der Waals surface area contributed by atoms with Crippen molar-refractivity contribution >= 4 is 17.6 Å². The maximum absolute atomic E-state index is 5.84. The maximum atomic E-state index is 5.84. The fourth-order valence-corrected chi connectivity index (χ4v) is 5.77. The lowest BCUT2D eigenvalue weighted by Crippen LogP contribution is -2.35. The molecule has 0 saturated heterocycles. The molecule has 4 heteroatoms. The third kappa shape index (κ3) is 8.45. The molecular formula is C8H22O2Si2. The quantitative estimate of drug-likeness (QED) is 0.643. The fraction of sp³-hybridized carbons (Fsp3) is 1.00. The van der Waals surface area contributed by atoms with Gasteiger partial charge in [0.2, 0.25) is 0 Å². The molecule has 0 aromatic rings. The van der Waals surface area contributed by atoms with E-state index in [0.717, 1.165) is 6.61 Å². The van der Waals surface area contributed by atoms with E-state index in [-0.39, 0.29) is 0 Å². The molecule has 1 atom stereocenters. The van der Waals surface area contributed by atoms with Gasteiger partial charge in [-0.05, 0) is 32.1 Å². The first kappa shape index (κ1) is 12.4. The Kier molecular flexibility index (Phi) is 5.32. The topological polar surface area (TPSA) is 18.5 Å². The Balaban J connectivity index is 3.53. The van der Waals surface area contributed by atoms with Gasteiger partial charge in [-0.25, -0.2) is 0 Å². The summed E-state index contributed by atoms with van der Waals surface area (Å²) in [5, 5.41) is 0. The molecule has 1 unspecified atom stereocenters. The van der Waals surface area contributed by atoms with Gasteiger partial charge in [0.15, 0.2) is 8.32 Å². The number of hydrogen-bond acceptors (Lipinski definition) is 2. The Morgan fingerprint density at radius 3 is 2.08 bits per heavy atom. The van der Waals surface area contributed by atoms with E-state index in [0.29, 0.717) is 5.92 Å². The van der Waals surface area contributed by atoms with Crippen LogP contribution in [0.3, 0.4) is 0 Å². The second-order valence-corrected chi connectivity index (χ2v) is 11.2. The summed E-state index contributed by atoms with van der Waals surface area (Å²) in [6.45, 7) is 13.9. The minimum Gasteiger partial charge on any atom is -0.438 e. The van der Waals surface area contributed by atoms with Gasteiger partial charge in [-0.2, -0.15) is 0 Å². The molecule has 0 N–H and O–H groups in total. The van der Waals surface area contributed by atoms with Gasteiger partial charge in [0.1, 0.15) is 0 Å². The van der Waals surface area contributed by atoms with E-state index in [4.69, 9.17) is 8.54 Å². The zero-order valence-electron chi connectivity index (χ0n) is 9.18. The summed E-state index contributed by atoms with van der Waals surface area (Å²) in [7, 11) is -2.68. The summed E-state index contributed by atoms with van der Waals surface area (Å²) in [5.41, 5.74) is 0. The maximum Gasteiger partial charge on any atom is 0.307 e. The first-order valence-electron chi connectivity index (χ1n) is 4.60. The van der Waals surface area contributed by atoms with E-state index >= 15 is 0 Å². The molecule has 0 aliphatic heterocycles. The SMILES string of the molecule is CC(C)CO[SiH](C)O[Si](C)(C)C. The highest BCUT2D eigenvalue weighted by Crippen LogP contribution is 2.06. The van der Waals surface area contributed by atoms with Gasteiger partial charge in [0.05, 0.1) is 0 Å². The van der Waals surface area contributed by atoms with Gasteiger partial charge in [-0.15, -0.1) is 0 Å². The monoisotopic (exact) mass is 206 g/mol. The van der Waals surface area contributed by atoms with Gasteiger partial charge in [-0.1, -0.05) is 13.8 Å². The van der Waals surface area contributed by atoms with E-state index < -0.39 is 17.6 Å². The standard InChI is InChI=1S/C8H22O2Si2/c1-8(2)7-9-11(3)10-12(4,5)6/h8,11H,7H2,1-6H3. The summed E-state index contributed by atoms with van der Waals surface area (Å²) < 4.78 is 11.5. The Morgan fingerprint density at radius 1 is 1.25 bits per heavy atom. The minimum atomic E-state index is -1.36. The van der Waals surface area contributed by atoms with Gasteiger partial charge in [0.25, 0.3) is 0 Å². The molecule has 74 valence electrons. The normalized spacial score (nSPS) is 15.2. The van der Waals surface area contributed by atoms with Crippen molar-refractivity contribution in [3.05, 3.63) is 0 Å². The van der Waals surface area contributed by atoms with E-state index in [1.165, 1.54) is 0 Å². The van der Waals surface area contributed by atoms with Crippen LogP contribution in [0.1, 0.15) is 13.8 Å². The van der Waals surface area contributed by atoms with Crippen molar-refractivity contribution in [3.63, 3.8) is 0 Å². The Hall–Kier alpha value is 0.354. The third-order valence-electron chi connectivity index (χ3n) is 1.18. The van der Waals surface area contributed by atoms with Crippen molar-refractivity contribution < 1.29 is 8.54 Å². The molecule has 0 heterocycles. The zero-order chi connectivity index (χ0) is 9.78. The number of rotatable bonds is 5. The lowest BCUT2D eigenvalue weighted by atomic mass is 10.2.